The number of aliphatic hydroxyl groups excluding tert-OH is 1. The van der Waals surface area contributed by atoms with Crippen molar-refractivity contribution >= 4 is 0 Å². The first-order valence-corrected chi connectivity index (χ1v) is 9.37. The number of aliphatic hydroxyl groups is 1. The molecule has 25 heavy (non-hydrogen) atoms. The van der Waals surface area contributed by atoms with Crippen molar-refractivity contribution < 1.29 is 9.84 Å². The summed E-state index contributed by atoms with van der Waals surface area (Å²) in [7, 11) is 1.72. The SMILES string of the molecule is COc1ccc(CN2CCN(CCC=C(C)C)C[C@H]2CCO)cc1C. The predicted molar refractivity (Wildman–Crippen MR) is 104 cm³/mol. The first kappa shape index (κ1) is 20.0. The smallest absolute Gasteiger partial charge is 0.121 e. The second-order valence-electron chi connectivity index (χ2n) is 7.31. The molecule has 1 fully saturated rings. The number of aryl methyl sites for hydroxylation is 1. The molecule has 0 aliphatic carbocycles. The van der Waals surface area contributed by atoms with Crippen LogP contribution in [0.25, 0.3) is 0 Å². The van der Waals surface area contributed by atoms with Crippen molar-refractivity contribution in [2.75, 3.05) is 39.9 Å². The van der Waals surface area contributed by atoms with E-state index in [1.807, 2.05) is 0 Å². The Hall–Kier alpha value is -1.36. The molecule has 1 aromatic carbocycles. The molecule has 0 bridgehead atoms. The van der Waals surface area contributed by atoms with Crippen LogP contribution < -0.4 is 4.74 Å². The molecule has 4 heteroatoms. The van der Waals surface area contributed by atoms with Gasteiger partial charge >= 0.3 is 0 Å². The molecule has 1 N–H and O–H groups in total. The fourth-order valence-corrected chi connectivity index (χ4v) is 3.60. The molecule has 0 unspecified atom stereocenters. The third kappa shape index (κ3) is 6.14. The van der Waals surface area contributed by atoms with E-state index in [4.69, 9.17) is 4.74 Å². The first-order chi connectivity index (χ1) is 12.0. The number of methoxy groups -OCH3 is 1. The number of benzene rings is 1. The van der Waals surface area contributed by atoms with E-state index in [1.54, 1.807) is 7.11 Å². The van der Waals surface area contributed by atoms with E-state index >= 15 is 0 Å². The van der Waals surface area contributed by atoms with Crippen LogP contribution in [-0.4, -0.2) is 60.8 Å². The van der Waals surface area contributed by atoms with Crippen LogP contribution in [-0.2, 0) is 6.54 Å². The molecule has 1 aliphatic rings. The van der Waals surface area contributed by atoms with Crippen LogP contribution in [0.5, 0.6) is 5.75 Å². The molecule has 4 nitrogen and oxygen atoms in total. The second-order valence-corrected chi connectivity index (χ2v) is 7.31. The van der Waals surface area contributed by atoms with E-state index in [0.717, 1.165) is 51.3 Å². The van der Waals surface area contributed by atoms with Crippen LogP contribution in [0, 0.1) is 6.92 Å². The lowest BCUT2D eigenvalue weighted by molar-refractivity contribution is 0.0546. The van der Waals surface area contributed by atoms with Gasteiger partial charge in [-0.05, 0) is 50.8 Å². The molecule has 1 saturated heterocycles. The Kier molecular flexibility index (Phi) is 7.94. The Morgan fingerprint density at radius 2 is 2.12 bits per heavy atom. The molecule has 140 valence electrons. The predicted octanol–water partition coefficient (Wildman–Crippen LogP) is 3.23. The maximum Gasteiger partial charge on any atom is 0.121 e. The highest BCUT2D eigenvalue weighted by Crippen LogP contribution is 2.22. The summed E-state index contributed by atoms with van der Waals surface area (Å²) in [4.78, 5) is 5.06. The number of ether oxygens (including phenoxy) is 1. The van der Waals surface area contributed by atoms with Gasteiger partial charge in [-0.2, -0.15) is 0 Å². The van der Waals surface area contributed by atoms with Gasteiger partial charge in [0.1, 0.15) is 5.75 Å². The minimum Gasteiger partial charge on any atom is -0.496 e. The van der Waals surface area contributed by atoms with Crippen molar-refractivity contribution in [3.63, 3.8) is 0 Å². The first-order valence-electron chi connectivity index (χ1n) is 9.37. The summed E-state index contributed by atoms with van der Waals surface area (Å²) in [5.41, 5.74) is 3.89. The summed E-state index contributed by atoms with van der Waals surface area (Å²) in [6.07, 6.45) is 4.27. The molecule has 1 atom stereocenters. The van der Waals surface area contributed by atoms with Crippen LogP contribution >= 0.6 is 0 Å². The highest BCUT2D eigenvalue weighted by molar-refractivity contribution is 5.36. The zero-order valence-corrected chi connectivity index (χ0v) is 16.3. The van der Waals surface area contributed by atoms with Crippen molar-refractivity contribution in [1.29, 1.82) is 0 Å². The Balaban J connectivity index is 1.96. The maximum absolute atomic E-state index is 9.48. The van der Waals surface area contributed by atoms with Gasteiger partial charge in [-0.3, -0.25) is 4.90 Å². The lowest BCUT2D eigenvalue weighted by Gasteiger charge is -2.41. The Labute approximate surface area is 153 Å². The molecule has 0 radical (unpaired) electrons. The molecular weight excluding hydrogens is 312 g/mol. The fraction of sp³-hybridized carbons (Fsp3) is 0.619. The topological polar surface area (TPSA) is 35.9 Å². The zero-order valence-electron chi connectivity index (χ0n) is 16.3. The fourth-order valence-electron chi connectivity index (χ4n) is 3.60. The summed E-state index contributed by atoms with van der Waals surface area (Å²) in [5, 5.41) is 9.48. The molecule has 1 aromatic rings. The lowest BCUT2D eigenvalue weighted by Crippen LogP contribution is -2.53. The number of allylic oxidation sites excluding steroid dienone is 1. The average Bonchev–Trinajstić information content (AvgIpc) is 2.57. The quantitative estimate of drug-likeness (QED) is 0.733. The van der Waals surface area contributed by atoms with Gasteiger partial charge in [-0.15, -0.1) is 0 Å². The van der Waals surface area contributed by atoms with E-state index in [2.05, 4.69) is 54.8 Å². The van der Waals surface area contributed by atoms with Crippen molar-refractivity contribution in [1.82, 2.24) is 9.80 Å². The molecule has 1 aliphatic heterocycles. The van der Waals surface area contributed by atoms with Gasteiger partial charge in [0.25, 0.3) is 0 Å². The van der Waals surface area contributed by atoms with E-state index < -0.39 is 0 Å². The van der Waals surface area contributed by atoms with Gasteiger partial charge in [-0.1, -0.05) is 23.8 Å². The number of rotatable bonds is 8. The van der Waals surface area contributed by atoms with Crippen LogP contribution in [0.1, 0.15) is 37.8 Å². The average molecular weight is 347 g/mol. The van der Waals surface area contributed by atoms with Crippen LogP contribution in [0.4, 0.5) is 0 Å². The minimum atomic E-state index is 0.255. The summed E-state index contributed by atoms with van der Waals surface area (Å²) in [6.45, 7) is 11.9. The van der Waals surface area contributed by atoms with Crippen molar-refractivity contribution in [3.05, 3.63) is 41.0 Å². The van der Waals surface area contributed by atoms with Crippen LogP contribution in [0.2, 0.25) is 0 Å². The Bertz CT molecular complexity index is 567. The summed E-state index contributed by atoms with van der Waals surface area (Å²) in [6, 6.07) is 6.85. The molecule has 0 spiro atoms. The molecule has 0 aromatic heterocycles. The molecule has 2 rings (SSSR count). The van der Waals surface area contributed by atoms with Gasteiger partial charge < -0.3 is 14.7 Å². The van der Waals surface area contributed by atoms with E-state index in [0.29, 0.717) is 6.04 Å². The van der Waals surface area contributed by atoms with Gasteiger partial charge in [0.15, 0.2) is 0 Å². The van der Waals surface area contributed by atoms with Gasteiger partial charge in [0.05, 0.1) is 7.11 Å². The summed E-state index contributed by atoms with van der Waals surface area (Å²) >= 11 is 0. The number of hydrogen-bond acceptors (Lipinski definition) is 4. The van der Waals surface area contributed by atoms with Crippen molar-refractivity contribution in [2.24, 2.45) is 0 Å². The highest BCUT2D eigenvalue weighted by atomic mass is 16.5. The second kappa shape index (κ2) is 9.95. The maximum atomic E-state index is 9.48. The minimum absolute atomic E-state index is 0.255. The summed E-state index contributed by atoms with van der Waals surface area (Å²) in [5.74, 6) is 0.944. The van der Waals surface area contributed by atoms with Gasteiger partial charge in [0, 0.05) is 45.4 Å². The zero-order chi connectivity index (χ0) is 18.2. The summed E-state index contributed by atoms with van der Waals surface area (Å²) < 4.78 is 5.36. The van der Waals surface area contributed by atoms with Crippen molar-refractivity contribution in [3.8, 4) is 5.75 Å². The third-order valence-corrected chi connectivity index (χ3v) is 4.99. The molecule has 1 heterocycles. The van der Waals surface area contributed by atoms with E-state index in [9.17, 15) is 5.11 Å². The number of hydrogen-bond donors (Lipinski definition) is 1. The van der Waals surface area contributed by atoms with E-state index in [1.165, 1.54) is 16.7 Å². The monoisotopic (exact) mass is 346 g/mol. The number of piperazine rings is 1. The lowest BCUT2D eigenvalue weighted by atomic mass is 10.1. The molecule has 0 saturated carbocycles. The molecular formula is C21H34N2O2. The van der Waals surface area contributed by atoms with E-state index in [-0.39, 0.29) is 6.61 Å². The normalized spacial score (nSPS) is 19.0. The third-order valence-electron chi connectivity index (χ3n) is 4.99. The number of nitrogens with zero attached hydrogens (tertiary/aromatic N) is 2. The van der Waals surface area contributed by atoms with Gasteiger partial charge in [-0.25, -0.2) is 0 Å². The van der Waals surface area contributed by atoms with Crippen LogP contribution in [0.15, 0.2) is 29.8 Å². The Morgan fingerprint density at radius 3 is 2.76 bits per heavy atom. The van der Waals surface area contributed by atoms with Crippen molar-refractivity contribution in [2.45, 2.75) is 46.2 Å². The van der Waals surface area contributed by atoms with Gasteiger partial charge in [0.2, 0.25) is 0 Å². The largest absolute Gasteiger partial charge is 0.496 e. The van der Waals surface area contributed by atoms with Crippen LogP contribution in [0.3, 0.4) is 0 Å². The Morgan fingerprint density at radius 1 is 1.32 bits per heavy atom. The highest BCUT2D eigenvalue weighted by Gasteiger charge is 2.26. The standard InChI is InChI=1S/C21H34N2O2/c1-17(2)6-5-10-22-11-12-23(20(16-22)9-13-24)15-19-7-8-21(25-4)18(3)14-19/h6-8,14,20,24H,5,9-13,15-16H2,1-4H3/t20-/m1/s1. The molecule has 0 amide bonds.